The summed E-state index contributed by atoms with van der Waals surface area (Å²) in [7, 11) is 0. The average Bonchev–Trinajstić information content (AvgIpc) is 2.75. The molecule has 1 heterocycles. The van der Waals surface area contributed by atoms with Crippen LogP contribution >= 0.6 is 0 Å². The molecule has 1 N–H and O–H groups in total. The minimum absolute atomic E-state index is 0.0324. The van der Waals surface area contributed by atoms with E-state index in [1.165, 1.54) is 0 Å². The van der Waals surface area contributed by atoms with Crippen molar-refractivity contribution in [2.24, 2.45) is 0 Å². The summed E-state index contributed by atoms with van der Waals surface area (Å²) in [6.07, 6.45) is 3.46. The number of fused-ring (bicyclic) bond motifs is 1. The Hall–Kier alpha value is -2.10. The van der Waals surface area contributed by atoms with E-state index in [2.05, 4.69) is 5.32 Å². The van der Waals surface area contributed by atoms with Crippen LogP contribution in [0.5, 0.6) is 0 Å². The van der Waals surface area contributed by atoms with Gasteiger partial charge in [0.25, 0.3) is 0 Å². The molecule has 0 fully saturated rings. The molecule has 4 heteroatoms. The first-order chi connectivity index (χ1) is 8.76. The van der Waals surface area contributed by atoms with E-state index in [1.807, 2.05) is 35.8 Å². The third-order valence-corrected chi connectivity index (χ3v) is 2.83. The maximum Gasteiger partial charge on any atom is 0.239 e. The maximum atomic E-state index is 11.7. The molecule has 1 amide bonds. The number of rotatable bonds is 5. The van der Waals surface area contributed by atoms with Crippen molar-refractivity contribution in [1.29, 1.82) is 0 Å². The summed E-state index contributed by atoms with van der Waals surface area (Å²) in [4.78, 5) is 22.7. The summed E-state index contributed by atoms with van der Waals surface area (Å²) in [5.74, 6) is -0.0324. The van der Waals surface area contributed by atoms with Gasteiger partial charge in [-0.15, -0.1) is 0 Å². The van der Waals surface area contributed by atoms with Gasteiger partial charge in [-0.25, -0.2) is 0 Å². The molecule has 0 aliphatic heterocycles. The van der Waals surface area contributed by atoms with Crippen LogP contribution in [0.2, 0.25) is 0 Å². The van der Waals surface area contributed by atoms with Crippen LogP contribution in [-0.4, -0.2) is 23.3 Å². The van der Waals surface area contributed by atoms with Crippen molar-refractivity contribution < 1.29 is 9.59 Å². The van der Waals surface area contributed by atoms with Gasteiger partial charge in [-0.3, -0.25) is 9.59 Å². The highest BCUT2D eigenvalue weighted by atomic mass is 16.2. The zero-order valence-electron chi connectivity index (χ0n) is 10.3. The molecule has 1 aromatic carbocycles. The van der Waals surface area contributed by atoms with Gasteiger partial charge in [-0.2, -0.15) is 0 Å². The molecule has 0 atom stereocenters. The lowest BCUT2D eigenvalue weighted by molar-refractivity contribution is -0.121. The molecule has 0 radical (unpaired) electrons. The fourth-order valence-corrected chi connectivity index (χ4v) is 1.97. The highest BCUT2D eigenvalue weighted by Crippen LogP contribution is 2.19. The molecule has 0 spiro atoms. The largest absolute Gasteiger partial charge is 0.355 e. The Balaban J connectivity index is 2.28. The number of carbonyl (C=O) groups excluding carboxylic acids is 2. The third-order valence-electron chi connectivity index (χ3n) is 2.83. The number of para-hydroxylation sites is 1. The smallest absolute Gasteiger partial charge is 0.239 e. The minimum Gasteiger partial charge on any atom is -0.355 e. The minimum atomic E-state index is -0.0324. The van der Waals surface area contributed by atoms with Gasteiger partial charge in [0.05, 0.1) is 0 Å². The van der Waals surface area contributed by atoms with Crippen LogP contribution in [0.15, 0.2) is 30.5 Å². The Morgan fingerprint density at radius 1 is 1.39 bits per heavy atom. The van der Waals surface area contributed by atoms with E-state index < -0.39 is 0 Å². The van der Waals surface area contributed by atoms with Gasteiger partial charge in [-0.1, -0.05) is 25.1 Å². The van der Waals surface area contributed by atoms with Crippen LogP contribution in [0.1, 0.15) is 23.7 Å². The number of nitrogens with zero attached hydrogens (tertiary/aromatic N) is 1. The molecule has 0 aliphatic carbocycles. The van der Waals surface area contributed by atoms with Gasteiger partial charge >= 0.3 is 0 Å². The summed E-state index contributed by atoms with van der Waals surface area (Å²) in [5, 5.41) is 3.71. The van der Waals surface area contributed by atoms with Crippen molar-refractivity contribution in [3.8, 4) is 0 Å². The van der Waals surface area contributed by atoms with Crippen LogP contribution < -0.4 is 5.32 Å². The molecule has 0 bridgehead atoms. The van der Waals surface area contributed by atoms with Gasteiger partial charge in [0.2, 0.25) is 5.91 Å². The van der Waals surface area contributed by atoms with E-state index in [0.717, 1.165) is 23.6 Å². The first-order valence-electron chi connectivity index (χ1n) is 6.06. The predicted molar refractivity (Wildman–Crippen MR) is 70.6 cm³/mol. The van der Waals surface area contributed by atoms with Gasteiger partial charge in [-0.05, 0) is 12.5 Å². The van der Waals surface area contributed by atoms with Gasteiger partial charge < -0.3 is 9.88 Å². The zero-order chi connectivity index (χ0) is 13.0. The fraction of sp³-hybridized carbons (Fsp3) is 0.286. The molecule has 94 valence electrons. The summed E-state index contributed by atoms with van der Waals surface area (Å²) in [6.45, 7) is 2.93. The SMILES string of the molecule is CCCNC(=O)Cn1cc(C=O)c2ccccc21. The molecule has 0 unspecified atom stereocenters. The third kappa shape index (κ3) is 2.42. The van der Waals surface area contributed by atoms with E-state index in [-0.39, 0.29) is 12.5 Å². The van der Waals surface area contributed by atoms with E-state index in [0.29, 0.717) is 12.1 Å². The van der Waals surface area contributed by atoms with Crippen LogP contribution in [0.25, 0.3) is 10.9 Å². The fourth-order valence-electron chi connectivity index (χ4n) is 1.97. The number of hydrogen-bond acceptors (Lipinski definition) is 2. The lowest BCUT2D eigenvalue weighted by atomic mass is 10.2. The molecule has 0 aliphatic rings. The van der Waals surface area contributed by atoms with Gasteiger partial charge in [0.15, 0.2) is 6.29 Å². The van der Waals surface area contributed by atoms with Crippen molar-refractivity contribution >= 4 is 23.1 Å². The molecule has 4 nitrogen and oxygen atoms in total. The highest BCUT2D eigenvalue weighted by molar-refractivity contribution is 5.98. The number of aldehydes is 1. The first kappa shape index (κ1) is 12.4. The Labute approximate surface area is 106 Å². The van der Waals surface area contributed by atoms with Crippen LogP contribution in [-0.2, 0) is 11.3 Å². The molecule has 0 saturated carbocycles. The summed E-state index contributed by atoms with van der Waals surface area (Å²) in [6, 6.07) is 7.59. The van der Waals surface area contributed by atoms with Crippen molar-refractivity contribution in [2.45, 2.75) is 19.9 Å². The monoisotopic (exact) mass is 244 g/mol. The van der Waals surface area contributed by atoms with Gasteiger partial charge in [0.1, 0.15) is 6.54 Å². The molecular formula is C14H16N2O2. The number of hydrogen-bond donors (Lipinski definition) is 1. The second kappa shape index (κ2) is 5.49. The van der Waals surface area contributed by atoms with E-state index in [4.69, 9.17) is 0 Å². The van der Waals surface area contributed by atoms with Crippen LogP contribution in [0.3, 0.4) is 0 Å². The molecule has 2 rings (SSSR count). The lowest BCUT2D eigenvalue weighted by Gasteiger charge is -2.05. The molecule has 1 aromatic heterocycles. The van der Waals surface area contributed by atoms with Crippen LogP contribution in [0.4, 0.5) is 0 Å². The summed E-state index contributed by atoms with van der Waals surface area (Å²) >= 11 is 0. The van der Waals surface area contributed by atoms with Crippen molar-refractivity contribution in [3.05, 3.63) is 36.0 Å². The van der Waals surface area contributed by atoms with E-state index >= 15 is 0 Å². The summed E-state index contributed by atoms with van der Waals surface area (Å²) in [5.41, 5.74) is 1.53. The lowest BCUT2D eigenvalue weighted by Crippen LogP contribution is -2.27. The number of benzene rings is 1. The Morgan fingerprint density at radius 2 is 2.17 bits per heavy atom. The molecule has 0 saturated heterocycles. The average molecular weight is 244 g/mol. The Bertz CT molecular complexity index is 572. The number of carbonyl (C=O) groups is 2. The maximum absolute atomic E-state index is 11.7. The van der Waals surface area contributed by atoms with E-state index in [1.54, 1.807) is 6.20 Å². The summed E-state index contributed by atoms with van der Waals surface area (Å²) < 4.78 is 1.81. The van der Waals surface area contributed by atoms with Crippen molar-refractivity contribution in [2.75, 3.05) is 6.54 Å². The number of amides is 1. The topological polar surface area (TPSA) is 51.1 Å². The standard InChI is InChI=1S/C14H16N2O2/c1-2-7-15-14(18)9-16-8-11(10-17)12-5-3-4-6-13(12)16/h3-6,8,10H,2,7,9H2,1H3,(H,15,18). The van der Waals surface area contributed by atoms with Gasteiger partial charge in [0, 0.05) is 29.2 Å². The normalized spacial score (nSPS) is 10.5. The van der Waals surface area contributed by atoms with E-state index in [9.17, 15) is 9.59 Å². The van der Waals surface area contributed by atoms with Crippen molar-refractivity contribution in [3.63, 3.8) is 0 Å². The second-order valence-electron chi connectivity index (χ2n) is 4.20. The second-order valence-corrected chi connectivity index (χ2v) is 4.20. The molecule has 18 heavy (non-hydrogen) atoms. The predicted octanol–water partition coefficient (Wildman–Crippen LogP) is 1.98. The van der Waals surface area contributed by atoms with Crippen LogP contribution in [0, 0.1) is 0 Å². The molecular weight excluding hydrogens is 228 g/mol. The quantitative estimate of drug-likeness (QED) is 0.818. The number of aromatic nitrogens is 1. The Morgan fingerprint density at radius 3 is 2.89 bits per heavy atom. The van der Waals surface area contributed by atoms with Crippen molar-refractivity contribution in [1.82, 2.24) is 9.88 Å². The zero-order valence-corrected chi connectivity index (χ0v) is 10.3. The first-order valence-corrected chi connectivity index (χ1v) is 6.06. The molecule has 2 aromatic rings. The Kier molecular flexibility index (Phi) is 3.77. The number of nitrogens with one attached hydrogen (secondary N) is 1. The highest BCUT2D eigenvalue weighted by Gasteiger charge is 2.09.